The van der Waals surface area contributed by atoms with E-state index in [1.807, 2.05) is 0 Å². The molecule has 0 aliphatic heterocycles. The van der Waals surface area contributed by atoms with Gasteiger partial charge in [-0.25, -0.2) is 14.6 Å². The Morgan fingerprint density at radius 1 is 1.32 bits per heavy atom. The predicted molar refractivity (Wildman–Crippen MR) is 63.9 cm³/mol. The molecule has 0 aliphatic carbocycles. The molecule has 0 saturated carbocycles. The molecule has 102 valence electrons. The van der Waals surface area contributed by atoms with Crippen LogP contribution in [0.4, 0.5) is 5.95 Å². The Labute approximate surface area is 108 Å². The van der Waals surface area contributed by atoms with Crippen molar-refractivity contribution in [2.75, 3.05) is 13.2 Å². The number of hydrogen-bond acceptors (Lipinski definition) is 6. The summed E-state index contributed by atoms with van der Waals surface area (Å²) in [6, 6.07) is 0. The molecule has 9 heteroatoms. The summed E-state index contributed by atoms with van der Waals surface area (Å²) >= 11 is 0. The summed E-state index contributed by atoms with van der Waals surface area (Å²) in [6.07, 6.45) is 0. The van der Waals surface area contributed by atoms with Crippen molar-refractivity contribution < 1.29 is 19.1 Å². The molecule has 0 bridgehead atoms. The maximum atomic E-state index is 11.8. The number of ether oxygens (including phenoxy) is 2. The van der Waals surface area contributed by atoms with Gasteiger partial charge in [0.25, 0.3) is 0 Å². The van der Waals surface area contributed by atoms with E-state index in [1.54, 1.807) is 13.8 Å². The van der Waals surface area contributed by atoms with E-state index >= 15 is 0 Å². The van der Waals surface area contributed by atoms with Crippen molar-refractivity contribution in [2.24, 2.45) is 12.2 Å². The van der Waals surface area contributed by atoms with Crippen molar-refractivity contribution >= 4 is 17.9 Å². The van der Waals surface area contributed by atoms with Crippen molar-refractivity contribution in [1.29, 1.82) is 0 Å². The second-order valence-corrected chi connectivity index (χ2v) is 3.30. The van der Waals surface area contributed by atoms with Gasteiger partial charge in [-0.1, -0.05) is 0 Å². The highest BCUT2D eigenvalue weighted by Gasteiger charge is 2.27. The van der Waals surface area contributed by atoms with E-state index in [4.69, 9.17) is 15.0 Å². The number of azide groups is 1. The molecule has 0 spiro atoms. The Morgan fingerprint density at radius 3 is 2.42 bits per heavy atom. The lowest BCUT2D eigenvalue weighted by molar-refractivity contribution is 0.0468. The third-order valence-electron chi connectivity index (χ3n) is 2.14. The van der Waals surface area contributed by atoms with Gasteiger partial charge in [0, 0.05) is 12.0 Å². The summed E-state index contributed by atoms with van der Waals surface area (Å²) < 4.78 is 10.8. The van der Waals surface area contributed by atoms with Crippen LogP contribution in [-0.2, 0) is 16.5 Å². The molecule has 1 aromatic rings. The van der Waals surface area contributed by atoms with Gasteiger partial charge in [-0.3, -0.25) is 0 Å². The van der Waals surface area contributed by atoms with Crippen molar-refractivity contribution in [2.45, 2.75) is 13.8 Å². The van der Waals surface area contributed by atoms with Crippen molar-refractivity contribution in [3.63, 3.8) is 0 Å². The van der Waals surface area contributed by atoms with Crippen molar-refractivity contribution in [1.82, 2.24) is 9.55 Å². The summed E-state index contributed by atoms with van der Waals surface area (Å²) in [5.74, 6) is -1.63. The van der Waals surface area contributed by atoms with Gasteiger partial charge in [0.2, 0.25) is 0 Å². The molecule has 9 nitrogen and oxygen atoms in total. The molecular weight excluding hydrogens is 254 g/mol. The fraction of sp³-hybridized carbons (Fsp3) is 0.500. The number of imidazole rings is 1. The van der Waals surface area contributed by atoms with E-state index in [0.717, 1.165) is 0 Å². The molecule has 0 saturated heterocycles. The lowest BCUT2D eigenvalue weighted by atomic mass is 10.3. The molecular formula is C10H13N5O4. The summed E-state index contributed by atoms with van der Waals surface area (Å²) in [7, 11) is 1.44. The SMILES string of the molecule is CCOC(=O)c1nc(N=[N+]=[N-])n(C)c1C(=O)OCC. The number of nitrogens with zero attached hydrogens (tertiary/aromatic N) is 5. The summed E-state index contributed by atoms with van der Waals surface area (Å²) in [4.78, 5) is 29.8. The van der Waals surface area contributed by atoms with Crippen LogP contribution >= 0.6 is 0 Å². The lowest BCUT2D eigenvalue weighted by Gasteiger charge is -2.05. The average Bonchev–Trinajstić information content (AvgIpc) is 2.68. The molecule has 0 aromatic carbocycles. The standard InChI is InChI=1S/C10H13N5O4/c1-4-18-8(16)6-7(9(17)19-5-2)15(3)10(12-6)13-14-11/h4-5H2,1-3H3. The van der Waals surface area contributed by atoms with E-state index < -0.39 is 11.9 Å². The molecule has 0 amide bonds. The quantitative estimate of drug-likeness (QED) is 0.348. The number of carbonyl (C=O) groups is 2. The zero-order valence-electron chi connectivity index (χ0n) is 10.8. The van der Waals surface area contributed by atoms with E-state index in [9.17, 15) is 9.59 Å². The minimum atomic E-state index is -0.777. The lowest BCUT2D eigenvalue weighted by Crippen LogP contribution is -2.16. The first kappa shape index (κ1) is 14.5. The summed E-state index contributed by atoms with van der Waals surface area (Å²) in [6.45, 7) is 3.53. The number of carbonyl (C=O) groups excluding carboxylic acids is 2. The molecule has 1 aromatic heterocycles. The largest absolute Gasteiger partial charge is 0.461 e. The van der Waals surface area contributed by atoms with Crippen LogP contribution in [0.25, 0.3) is 10.4 Å². The highest BCUT2D eigenvalue weighted by atomic mass is 16.5. The Bertz CT molecular complexity index is 544. The van der Waals surface area contributed by atoms with Gasteiger partial charge in [0.1, 0.15) is 0 Å². The fourth-order valence-corrected chi connectivity index (χ4v) is 1.39. The molecule has 0 aliphatic rings. The second kappa shape index (κ2) is 6.41. The molecule has 0 N–H and O–H groups in total. The number of hydrogen-bond donors (Lipinski definition) is 0. The minimum absolute atomic E-state index is 0.109. The predicted octanol–water partition coefficient (Wildman–Crippen LogP) is 1.72. The normalized spacial score (nSPS) is 9.63. The maximum absolute atomic E-state index is 11.8. The Balaban J connectivity index is 3.34. The van der Waals surface area contributed by atoms with Gasteiger partial charge in [0.15, 0.2) is 17.3 Å². The van der Waals surface area contributed by atoms with Crippen LogP contribution in [-0.4, -0.2) is 34.7 Å². The average molecular weight is 267 g/mol. The van der Waals surface area contributed by atoms with Crippen LogP contribution in [0.2, 0.25) is 0 Å². The van der Waals surface area contributed by atoms with E-state index in [-0.39, 0.29) is 30.5 Å². The smallest absolute Gasteiger partial charge is 0.359 e. The number of rotatable bonds is 5. The number of esters is 2. The summed E-state index contributed by atoms with van der Waals surface area (Å²) in [5, 5.41) is 3.29. The first-order valence-electron chi connectivity index (χ1n) is 5.52. The Morgan fingerprint density at radius 2 is 1.89 bits per heavy atom. The van der Waals surface area contributed by atoms with Gasteiger partial charge in [-0.2, -0.15) is 0 Å². The van der Waals surface area contributed by atoms with Crippen LogP contribution in [0.3, 0.4) is 0 Å². The van der Waals surface area contributed by atoms with Crippen molar-refractivity contribution in [3.05, 3.63) is 21.8 Å². The van der Waals surface area contributed by atoms with Crippen LogP contribution in [0, 0.1) is 0 Å². The first-order valence-corrected chi connectivity index (χ1v) is 5.52. The van der Waals surface area contributed by atoms with Gasteiger partial charge in [-0.15, -0.1) is 0 Å². The maximum Gasteiger partial charge on any atom is 0.359 e. The molecule has 0 unspecified atom stereocenters. The third-order valence-corrected chi connectivity index (χ3v) is 2.14. The highest BCUT2D eigenvalue weighted by Crippen LogP contribution is 2.19. The Kier molecular flexibility index (Phi) is 4.90. The molecule has 0 atom stereocenters. The molecule has 1 heterocycles. The third kappa shape index (κ3) is 3.02. The van der Waals surface area contributed by atoms with Crippen LogP contribution < -0.4 is 0 Å². The van der Waals surface area contributed by atoms with Crippen LogP contribution in [0.1, 0.15) is 34.8 Å². The van der Waals surface area contributed by atoms with Crippen LogP contribution in [0.5, 0.6) is 0 Å². The Hall–Kier alpha value is -2.54. The van der Waals surface area contributed by atoms with Gasteiger partial charge < -0.3 is 14.0 Å². The molecule has 19 heavy (non-hydrogen) atoms. The minimum Gasteiger partial charge on any atom is -0.461 e. The van der Waals surface area contributed by atoms with Gasteiger partial charge in [-0.05, 0) is 24.5 Å². The fourth-order valence-electron chi connectivity index (χ4n) is 1.39. The van der Waals surface area contributed by atoms with Crippen molar-refractivity contribution in [3.8, 4) is 0 Å². The van der Waals surface area contributed by atoms with E-state index in [0.29, 0.717) is 0 Å². The highest BCUT2D eigenvalue weighted by molar-refractivity contribution is 6.01. The molecule has 0 fully saturated rings. The second-order valence-electron chi connectivity index (χ2n) is 3.30. The topological polar surface area (TPSA) is 119 Å². The molecule has 1 rings (SSSR count). The van der Waals surface area contributed by atoms with E-state index in [1.165, 1.54) is 11.6 Å². The monoisotopic (exact) mass is 267 g/mol. The first-order chi connectivity index (χ1) is 9.06. The summed E-state index contributed by atoms with van der Waals surface area (Å²) in [5.41, 5.74) is 8.06. The zero-order valence-corrected chi connectivity index (χ0v) is 10.8. The van der Waals surface area contributed by atoms with Crippen LogP contribution in [0.15, 0.2) is 5.11 Å². The molecule has 0 radical (unpaired) electrons. The van der Waals surface area contributed by atoms with E-state index in [2.05, 4.69) is 15.0 Å². The number of aromatic nitrogens is 2. The zero-order chi connectivity index (χ0) is 14.4. The van der Waals surface area contributed by atoms with Gasteiger partial charge in [0.05, 0.1) is 13.2 Å². The van der Waals surface area contributed by atoms with Gasteiger partial charge >= 0.3 is 11.9 Å².